The topological polar surface area (TPSA) is 61.8 Å². The molecule has 1 amide bonds. The van der Waals surface area contributed by atoms with Crippen molar-refractivity contribution in [3.63, 3.8) is 0 Å². The first-order valence-electron chi connectivity index (χ1n) is 9.13. The Morgan fingerprint density at radius 2 is 1.96 bits per heavy atom. The lowest BCUT2D eigenvalue weighted by Gasteiger charge is -2.40. The quantitative estimate of drug-likeness (QED) is 0.834. The van der Waals surface area contributed by atoms with Gasteiger partial charge in [-0.15, -0.1) is 0 Å². The van der Waals surface area contributed by atoms with Crippen LogP contribution in [0, 0.1) is 11.8 Å². The molecule has 0 bridgehead atoms. The predicted molar refractivity (Wildman–Crippen MR) is 91.3 cm³/mol. The van der Waals surface area contributed by atoms with Gasteiger partial charge in [0, 0.05) is 25.7 Å². The summed E-state index contributed by atoms with van der Waals surface area (Å²) in [5, 5.41) is 13.0. The van der Waals surface area contributed by atoms with Crippen LogP contribution in [0.5, 0.6) is 0 Å². The highest BCUT2D eigenvalue weighted by molar-refractivity contribution is 5.68. The van der Waals surface area contributed by atoms with Crippen LogP contribution in [-0.4, -0.2) is 53.5 Å². The summed E-state index contributed by atoms with van der Waals surface area (Å²) < 4.78 is 5.37. The van der Waals surface area contributed by atoms with E-state index in [9.17, 15) is 9.90 Å². The maximum absolute atomic E-state index is 12.0. The number of nitrogens with zero attached hydrogens (tertiary/aromatic N) is 1. The van der Waals surface area contributed by atoms with Crippen molar-refractivity contribution >= 4 is 6.09 Å². The van der Waals surface area contributed by atoms with Gasteiger partial charge in [-0.25, -0.2) is 4.79 Å². The van der Waals surface area contributed by atoms with Crippen LogP contribution in [0.4, 0.5) is 4.79 Å². The van der Waals surface area contributed by atoms with Crippen LogP contribution in [-0.2, 0) is 4.74 Å². The highest BCUT2D eigenvalue weighted by atomic mass is 16.6. The first-order chi connectivity index (χ1) is 10.7. The number of alkyl carbamates (subject to hydrolysis) is 1. The van der Waals surface area contributed by atoms with E-state index in [4.69, 9.17) is 4.74 Å². The molecular weight excluding hydrogens is 292 g/mol. The Balaban J connectivity index is 1.90. The van der Waals surface area contributed by atoms with Crippen molar-refractivity contribution in [3.8, 4) is 0 Å². The van der Waals surface area contributed by atoms with Crippen molar-refractivity contribution in [2.75, 3.05) is 19.6 Å². The minimum Gasteiger partial charge on any atom is -0.444 e. The zero-order chi connectivity index (χ0) is 17.0. The molecule has 1 saturated carbocycles. The first-order valence-corrected chi connectivity index (χ1v) is 9.13. The fourth-order valence-corrected chi connectivity index (χ4v) is 3.87. The van der Waals surface area contributed by atoms with E-state index in [2.05, 4.69) is 10.2 Å². The molecule has 1 heterocycles. The summed E-state index contributed by atoms with van der Waals surface area (Å²) in [6, 6.07) is 0.0552. The molecule has 1 aliphatic heterocycles. The molecule has 3 unspecified atom stereocenters. The molecule has 3 atom stereocenters. The second-order valence-electron chi connectivity index (χ2n) is 8.45. The van der Waals surface area contributed by atoms with Crippen LogP contribution < -0.4 is 5.32 Å². The van der Waals surface area contributed by atoms with E-state index in [1.807, 2.05) is 27.7 Å². The number of hydrogen-bond acceptors (Lipinski definition) is 4. The summed E-state index contributed by atoms with van der Waals surface area (Å²) in [7, 11) is 0. The number of rotatable bonds is 4. The van der Waals surface area contributed by atoms with Gasteiger partial charge in [-0.2, -0.15) is 0 Å². The Kier molecular flexibility index (Phi) is 6.32. The van der Waals surface area contributed by atoms with Crippen molar-refractivity contribution in [3.05, 3.63) is 0 Å². The fraction of sp³-hybridized carbons (Fsp3) is 0.944. The lowest BCUT2D eigenvalue weighted by atomic mass is 9.89. The third-order valence-corrected chi connectivity index (χ3v) is 4.95. The number of likely N-dealkylation sites (tertiary alicyclic amines) is 1. The molecular formula is C18H34N2O3. The fourth-order valence-electron chi connectivity index (χ4n) is 3.87. The average molecular weight is 326 g/mol. The van der Waals surface area contributed by atoms with Gasteiger partial charge in [-0.05, 0) is 58.8 Å². The standard InChI is InChI=1S/C18H34N2O3/c1-13(21)15-9-16(19-17(22)23-18(2,3)4)12-20(11-15)10-14-7-5-6-8-14/h13-16,21H,5-12H2,1-4H3,(H,19,22). The van der Waals surface area contributed by atoms with Crippen molar-refractivity contribution < 1.29 is 14.6 Å². The van der Waals surface area contributed by atoms with Gasteiger partial charge in [0.15, 0.2) is 0 Å². The summed E-state index contributed by atoms with van der Waals surface area (Å²) >= 11 is 0. The van der Waals surface area contributed by atoms with E-state index in [0.29, 0.717) is 0 Å². The summed E-state index contributed by atoms with van der Waals surface area (Å²) in [5.41, 5.74) is -0.480. The van der Waals surface area contributed by atoms with E-state index in [1.54, 1.807) is 0 Å². The number of nitrogens with one attached hydrogen (secondary N) is 1. The van der Waals surface area contributed by atoms with Crippen molar-refractivity contribution in [2.24, 2.45) is 11.8 Å². The van der Waals surface area contributed by atoms with Gasteiger partial charge < -0.3 is 20.1 Å². The minimum absolute atomic E-state index is 0.0552. The maximum Gasteiger partial charge on any atom is 0.407 e. The van der Waals surface area contributed by atoms with Crippen LogP contribution in [0.3, 0.4) is 0 Å². The number of hydrogen-bond donors (Lipinski definition) is 2. The summed E-state index contributed by atoms with van der Waals surface area (Å²) in [5.74, 6) is 0.995. The SMILES string of the molecule is CC(O)C1CC(NC(=O)OC(C)(C)C)CN(CC2CCCC2)C1. The number of carbonyl (C=O) groups is 1. The number of ether oxygens (including phenoxy) is 1. The molecule has 0 aromatic heterocycles. The number of carbonyl (C=O) groups excluding carboxylic acids is 1. The minimum atomic E-state index is -0.480. The second-order valence-corrected chi connectivity index (χ2v) is 8.45. The molecule has 5 nitrogen and oxygen atoms in total. The number of aliphatic hydroxyl groups is 1. The third-order valence-electron chi connectivity index (χ3n) is 4.95. The Bertz CT molecular complexity index is 384. The van der Waals surface area contributed by atoms with Crippen molar-refractivity contribution in [1.29, 1.82) is 0 Å². The number of amides is 1. The number of aliphatic hydroxyl groups excluding tert-OH is 1. The van der Waals surface area contributed by atoms with Gasteiger partial charge in [0.1, 0.15) is 5.60 Å². The normalized spacial score (nSPS) is 28.6. The molecule has 2 rings (SSSR count). The van der Waals surface area contributed by atoms with E-state index >= 15 is 0 Å². The van der Waals surface area contributed by atoms with Crippen LogP contribution in [0.15, 0.2) is 0 Å². The Hall–Kier alpha value is -0.810. The molecule has 0 aromatic carbocycles. The molecule has 2 N–H and O–H groups in total. The summed E-state index contributed by atoms with van der Waals surface area (Å²) in [6.45, 7) is 10.4. The zero-order valence-electron chi connectivity index (χ0n) is 15.2. The van der Waals surface area contributed by atoms with Crippen molar-refractivity contribution in [1.82, 2.24) is 10.2 Å². The van der Waals surface area contributed by atoms with E-state index < -0.39 is 5.60 Å². The second kappa shape index (κ2) is 7.84. The van der Waals surface area contributed by atoms with Crippen LogP contribution in [0.25, 0.3) is 0 Å². The molecule has 23 heavy (non-hydrogen) atoms. The lowest BCUT2D eigenvalue weighted by molar-refractivity contribution is 0.0268. The van der Waals surface area contributed by atoms with Gasteiger partial charge in [0.25, 0.3) is 0 Å². The van der Waals surface area contributed by atoms with Crippen molar-refractivity contribution in [2.45, 2.75) is 77.5 Å². The molecule has 5 heteroatoms. The van der Waals surface area contributed by atoms with Crippen LogP contribution in [0.2, 0.25) is 0 Å². The van der Waals surface area contributed by atoms with Crippen LogP contribution in [0.1, 0.15) is 59.8 Å². The van der Waals surface area contributed by atoms with E-state index in [0.717, 1.165) is 32.0 Å². The highest BCUT2D eigenvalue weighted by Crippen LogP contribution is 2.28. The molecule has 0 radical (unpaired) electrons. The highest BCUT2D eigenvalue weighted by Gasteiger charge is 2.33. The summed E-state index contributed by atoms with van der Waals surface area (Å²) in [4.78, 5) is 14.5. The molecule has 0 aromatic rings. The van der Waals surface area contributed by atoms with Gasteiger partial charge in [-0.3, -0.25) is 0 Å². The third kappa shape index (κ3) is 6.30. The Morgan fingerprint density at radius 3 is 2.52 bits per heavy atom. The Labute approximate surface area is 140 Å². The predicted octanol–water partition coefficient (Wildman–Crippen LogP) is 2.77. The first kappa shape index (κ1) is 18.5. The molecule has 2 fully saturated rings. The lowest BCUT2D eigenvalue weighted by Crippen LogP contribution is -2.54. The largest absolute Gasteiger partial charge is 0.444 e. The average Bonchev–Trinajstić information content (AvgIpc) is 2.88. The number of piperidine rings is 1. The van der Waals surface area contributed by atoms with Gasteiger partial charge in [0.05, 0.1) is 6.10 Å². The molecule has 1 saturated heterocycles. The zero-order valence-corrected chi connectivity index (χ0v) is 15.2. The smallest absolute Gasteiger partial charge is 0.407 e. The van der Waals surface area contributed by atoms with E-state index in [1.165, 1.54) is 25.7 Å². The maximum atomic E-state index is 12.0. The van der Waals surface area contributed by atoms with Gasteiger partial charge in [-0.1, -0.05) is 12.8 Å². The Morgan fingerprint density at radius 1 is 1.30 bits per heavy atom. The monoisotopic (exact) mass is 326 g/mol. The van der Waals surface area contributed by atoms with Crippen LogP contribution >= 0.6 is 0 Å². The summed E-state index contributed by atoms with van der Waals surface area (Å²) in [6.07, 6.45) is 5.45. The molecule has 0 spiro atoms. The molecule has 2 aliphatic rings. The molecule has 134 valence electrons. The molecule has 1 aliphatic carbocycles. The van der Waals surface area contributed by atoms with Gasteiger partial charge in [0.2, 0.25) is 0 Å². The van der Waals surface area contributed by atoms with E-state index in [-0.39, 0.29) is 24.2 Å². The van der Waals surface area contributed by atoms with Gasteiger partial charge >= 0.3 is 6.09 Å².